The average molecular weight is 233 g/mol. The standard InChI is InChI=1S/C11H11N3O3/c1-7-2-3-9(11(15)16)10(14-7)12-6-8-4-5-13-17-8/h2-5H,6H2,1H3,(H,12,14)(H,15,16). The van der Waals surface area contributed by atoms with E-state index in [0.29, 0.717) is 18.1 Å². The molecule has 0 amide bonds. The molecule has 0 aliphatic heterocycles. The topological polar surface area (TPSA) is 88.2 Å². The molecule has 0 spiro atoms. The number of carboxylic acid groups (broad SMARTS) is 1. The summed E-state index contributed by atoms with van der Waals surface area (Å²) in [7, 11) is 0. The van der Waals surface area contributed by atoms with Gasteiger partial charge < -0.3 is 14.9 Å². The second-order valence-electron chi connectivity index (χ2n) is 3.49. The van der Waals surface area contributed by atoms with Crippen LogP contribution in [0.15, 0.2) is 28.9 Å². The number of nitrogens with one attached hydrogen (secondary N) is 1. The molecule has 2 N–H and O–H groups in total. The van der Waals surface area contributed by atoms with E-state index in [1.165, 1.54) is 12.3 Å². The van der Waals surface area contributed by atoms with Gasteiger partial charge in [-0.25, -0.2) is 9.78 Å². The summed E-state index contributed by atoms with van der Waals surface area (Å²) in [6.07, 6.45) is 1.53. The van der Waals surface area contributed by atoms with Crippen molar-refractivity contribution < 1.29 is 14.4 Å². The number of nitrogens with zero attached hydrogens (tertiary/aromatic N) is 2. The highest BCUT2D eigenvalue weighted by Crippen LogP contribution is 2.14. The summed E-state index contributed by atoms with van der Waals surface area (Å²) in [4.78, 5) is 15.1. The molecule has 0 radical (unpaired) electrons. The van der Waals surface area contributed by atoms with E-state index in [2.05, 4.69) is 15.5 Å². The Balaban J connectivity index is 2.19. The Bertz CT molecular complexity index is 523. The summed E-state index contributed by atoms with van der Waals surface area (Å²) in [6.45, 7) is 2.14. The highest BCUT2D eigenvalue weighted by Gasteiger charge is 2.11. The van der Waals surface area contributed by atoms with E-state index in [9.17, 15) is 4.79 Å². The van der Waals surface area contributed by atoms with E-state index in [1.807, 2.05) is 0 Å². The van der Waals surface area contributed by atoms with E-state index in [-0.39, 0.29) is 5.56 Å². The van der Waals surface area contributed by atoms with Crippen LogP contribution in [0, 0.1) is 6.92 Å². The number of pyridine rings is 1. The van der Waals surface area contributed by atoms with Gasteiger partial charge in [-0.05, 0) is 19.1 Å². The zero-order valence-electron chi connectivity index (χ0n) is 9.17. The predicted molar refractivity (Wildman–Crippen MR) is 59.8 cm³/mol. The maximum atomic E-state index is 11.0. The lowest BCUT2D eigenvalue weighted by atomic mass is 10.2. The molecule has 0 saturated carbocycles. The van der Waals surface area contributed by atoms with Crippen molar-refractivity contribution in [2.45, 2.75) is 13.5 Å². The third-order valence-electron chi connectivity index (χ3n) is 2.19. The van der Waals surface area contributed by atoms with Crippen molar-refractivity contribution >= 4 is 11.8 Å². The van der Waals surface area contributed by atoms with E-state index in [0.717, 1.165) is 5.69 Å². The fourth-order valence-corrected chi connectivity index (χ4v) is 1.37. The number of aryl methyl sites for hydroxylation is 1. The van der Waals surface area contributed by atoms with Gasteiger partial charge in [0.2, 0.25) is 0 Å². The van der Waals surface area contributed by atoms with E-state index in [4.69, 9.17) is 9.63 Å². The van der Waals surface area contributed by atoms with Crippen LogP contribution in [-0.4, -0.2) is 21.2 Å². The molecular formula is C11H11N3O3. The van der Waals surface area contributed by atoms with E-state index < -0.39 is 5.97 Å². The van der Waals surface area contributed by atoms with Crippen molar-refractivity contribution in [3.63, 3.8) is 0 Å². The van der Waals surface area contributed by atoms with Crippen LogP contribution in [0.2, 0.25) is 0 Å². The van der Waals surface area contributed by atoms with Crippen LogP contribution in [0.5, 0.6) is 0 Å². The highest BCUT2D eigenvalue weighted by atomic mass is 16.5. The first-order chi connectivity index (χ1) is 8.16. The normalized spacial score (nSPS) is 10.2. The molecule has 6 nitrogen and oxygen atoms in total. The average Bonchev–Trinajstić information content (AvgIpc) is 2.78. The van der Waals surface area contributed by atoms with E-state index in [1.54, 1.807) is 19.1 Å². The van der Waals surface area contributed by atoms with Gasteiger partial charge in [0, 0.05) is 11.8 Å². The minimum atomic E-state index is -1.02. The molecule has 0 atom stereocenters. The fourth-order valence-electron chi connectivity index (χ4n) is 1.37. The number of aromatic nitrogens is 2. The van der Waals surface area contributed by atoms with Gasteiger partial charge in [0.25, 0.3) is 0 Å². The molecular weight excluding hydrogens is 222 g/mol. The van der Waals surface area contributed by atoms with Crippen molar-refractivity contribution in [3.05, 3.63) is 41.4 Å². The Morgan fingerprint density at radius 2 is 2.29 bits per heavy atom. The van der Waals surface area contributed by atoms with Gasteiger partial charge in [0.05, 0.1) is 12.7 Å². The van der Waals surface area contributed by atoms with Crippen LogP contribution < -0.4 is 5.32 Å². The van der Waals surface area contributed by atoms with Gasteiger partial charge in [0.15, 0.2) is 5.76 Å². The molecule has 0 bridgehead atoms. The molecule has 0 saturated heterocycles. The third kappa shape index (κ3) is 2.60. The van der Waals surface area contributed by atoms with Crippen LogP contribution in [0.3, 0.4) is 0 Å². The van der Waals surface area contributed by atoms with E-state index >= 15 is 0 Å². The first-order valence-corrected chi connectivity index (χ1v) is 5.01. The lowest BCUT2D eigenvalue weighted by molar-refractivity contribution is 0.0697. The minimum Gasteiger partial charge on any atom is -0.478 e. The van der Waals surface area contributed by atoms with Crippen molar-refractivity contribution in [1.29, 1.82) is 0 Å². The molecule has 2 aromatic heterocycles. The Morgan fingerprint density at radius 3 is 2.94 bits per heavy atom. The summed E-state index contributed by atoms with van der Waals surface area (Å²) >= 11 is 0. The molecule has 0 aliphatic rings. The number of anilines is 1. The molecule has 0 aromatic carbocycles. The summed E-state index contributed by atoms with van der Waals surface area (Å²) in [5.41, 5.74) is 0.880. The quantitative estimate of drug-likeness (QED) is 0.835. The molecule has 2 rings (SSSR count). The SMILES string of the molecule is Cc1ccc(C(=O)O)c(NCc2ccno2)n1. The van der Waals surface area contributed by atoms with Crippen LogP contribution in [0.25, 0.3) is 0 Å². The molecule has 0 aliphatic carbocycles. The lowest BCUT2D eigenvalue weighted by Crippen LogP contribution is -2.08. The van der Waals surface area contributed by atoms with Crippen molar-refractivity contribution in [2.75, 3.05) is 5.32 Å². The van der Waals surface area contributed by atoms with Crippen LogP contribution in [0.4, 0.5) is 5.82 Å². The summed E-state index contributed by atoms with van der Waals surface area (Å²) in [5.74, 6) is -0.0730. The zero-order valence-corrected chi connectivity index (χ0v) is 9.17. The molecule has 6 heteroatoms. The number of hydrogen-bond donors (Lipinski definition) is 2. The largest absolute Gasteiger partial charge is 0.478 e. The van der Waals surface area contributed by atoms with Crippen molar-refractivity contribution in [2.24, 2.45) is 0 Å². The second-order valence-corrected chi connectivity index (χ2v) is 3.49. The van der Waals surface area contributed by atoms with Crippen LogP contribution >= 0.6 is 0 Å². The second kappa shape index (κ2) is 4.65. The molecule has 17 heavy (non-hydrogen) atoms. The molecule has 2 heterocycles. The number of hydrogen-bond acceptors (Lipinski definition) is 5. The fraction of sp³-hybridized carbons (Fsp3) is 0.182. The van der Waals surface area contributed by atoms with Crippen LogP contribution in [-0.2, 0) is 6.54 Å². The van der Waals surface area contributed by atoms with Crippen molar-refractivity contribution in [1.82, 2.24) is 10.1 Å². The van der Waals surface area contributed by atoms with Crippen LogP contribution in [0.1, 0.15) is 21.8 Å². The predicted octanol–water partition coefficient (Wildman–Crippen LogP) is 1.69. The lowest BCUT2D eigenvalue weighted by Gasteiger charge is -2.07. The Morgan fingerprint density at radius 1 is 1.47 bits per heavy atom. The number of carbonyl (C=O) groups is 1. The van der Waals surface area contributed by atoms with Gasteiger partial charge in [0.1, 0.15) is 11.4 Å². The zero-order chi connectivity index (χ0) is 12.3. The van der Waals surface area contributed by atoms with Gasteiger partial charge in [-0.3, -0.25) is 0 Å². The first kappa shape index (κ1) is 11.1. The maximum Gasteiger partial charge on any atom is 0.339 e. The molecule has 0 fully saturated rings. The van der Waals surface area contributed by atoms with Gasteiger partial charge in [-0.1, -0.05) is 5.16 Å². The summed E-state index contributed by atoms with van der Waals surface area (Å²) in [5, 5.41) is 15.5. The Kier molecular flexibility index (Phi) is 3.04. The summed E-state index contributed by atoms with van der Waals surface area (Å²) in [6, 6.07) is 4.87. The monoisotopic (exact) mass is 233 g/mol. The van der Waals surface area contributed by atoms with Crippen molar-refractivity contribution in [3.8, 4) is 0 Å². The molecule has 0 unspecified atom stereocenters. The molecule has 88 valence electrons. The third-order valence-corrected chi connectivity index (χ3v) is 2.19. The maximum absolute atomic E-state index is 11.0. The molecule has 2 aromatic rings. The number of aromatic carboxylic acids is 1. The minimum absolute atomic E-state index is 0.134. The Hall–Kier alpha value is -2.37. The number of carboxylic acids is 1. The smallest absolute Gasteiger partial charge is 0.339 e. The summed E-state index contributed by atoms with van der Waals surface area (Å²) < 4.78 is 4.90. The van der Waals surface area contributed by atoms with Gasteiger partial charge in [-0.15, -0.1) is 0 Å². The number of rotatable bonds is 4. The van der Waals surface area contributed by atoms with Gasteiger partial charge >= 0.3 is 5.97 Å². The Labute approximate surface area is 97.3 Å². The van der Waals surface area contributed by atoms with Gasteiger partial charge in [-0.2, -0.15) is 0 Å². The first-order valence-electron chi connectivity index (χ1n) is 5.01. The highest BCUT2D eigenvalue weighted by molar-refractivity contribution is 5.93.